The summed E-state index contributed by atoms with van der Waals surface area (Å²) in [5, 5.41) is 5.23. The van der Waals surface area contributed by atoms with E-state index in [1.807, 2.05) is 0 Å². The number of alkyl halides is 1. The van der Waals surface area contributed by atoms with Gasteiger partial charge in [-0.3, -0.25) is 10.1 Å². The van der Waals surface area contributed by atoms with Crippen LogP contribution in [0.1, 0.15) is 40.0 Å². The minimum Gasteiger partial charge on any atom is -0.334 e. The molecule has 2 saturated carbocycles. The van der Waals surface area contributed by atoms with Gasteiger partial charge in [-0.2, -0.15) is 0 Å². The Balaban J connectivity index is 2.05. The Bertz CT molecular complexity index is 378. The molecule has 2 bridgehead atoms. The van der Waals surface area contributed by atoms with Crippen molar-refractivity contribution < 1.29 is 9.59 Å². The highest BCUT2D eigenvalue weighted by Gasteiger charge is 2.59. The summed E-state index contributed by atoms with van der Waals surface area (Å²) in [6, 6.07) is -0.306. The number of nitrogens with one attached hydrogen (secondary N) is 2. The Morgan fingerprint density at radius 3 is 2.50 bits per heavy atom. The largest absolute Gasteiger partial charge is 0.334 e. The van der Waals surface area contributed by atoms with Gasteiger partial charge in [-0.1, -0.05) is 20.8 Å². The van der Waals surface area contributed by atoms with Crippen molar-refractivity contribution in [2.45, 2.75) is 46.1 Å². The van der Waals surface area contributed by atoms with Crippen molar-refractivity contribution in [3.63, 3.8) is 0 Å². The molecule has 0 spiro atoms. The molecule has 0 aliphatic heterocycles. The molecule has 2 N–H and O–H groups in total. The summed E-state index contributed by atoms with van der Waals surface area (Å²) in [6.07, 6.45) is 3.55. The van der Waals surface area contributed by atoms with Crippen molar-refractivity contribution >= 4 is 23.5 Å². The standard InChI is InChI=1S/C13H21ClN2O2/c1-12(2)8-4-5-13(3,6-8)10(12)16-11(18)15-9(17)7-14/h8,10H,4-7H2,1-3H3,(H2,15,16,17,18). The zero-order chi connectivity index (χ0) is 13.6. The second-order valence-corrected chi connectivity index (χ2v) is 6.77. The highest BCUT2D eigenvalue weighted by Crippen LogP contribution is 2.62. The fraction of sp³-hybridized carbons (Fsp3) is 0.846. The second-order valence-electron chi connectivity index (χ2n) is 6.50. The van der Waals surface area contributed by atoms with Crippen LogP contribution in [0, 0.1) is 16.7 Å². The van der Waals surface area contributed by atoms with E-state index in [1.54, 1.807) is 0 Å². The SMILES string of the molecule is CC12CCC(C1)C(C)(C)C2NC(=O)NC(=O)CCl. The van der Waals surface area contributed by atoms with Crippen molar-refractivity contribution in [3.05, 3.63) is 0 Å². The quantitative estimate of drug-likeness (QED) is 0.758. The normalized spacial score (nSPS) is 36.4. The van der Waals surface area contributed by atoms with Crippen LogP contribution in [0.3, 0.4) is 0 Å². The average molecular weight is 273 g/mol. The summed E-state index contributed by atoms with van der Waals surface area (Å²) in [5.41, 5.74) is 0.254. The summed E-state index contributed by atoms with van der Waals surface area (Å²) in [7, 11) is 0. The smallest absolute Gasteiger partial charge is 0.321 e. The first-order valence-corrected chi connectivity index (χ1v) is 6.99. The third kappa shape index (κ3) is 2.11. The summed E-state index contributed by atoms with van der Waals surface area (Å²) in [6.45, 7) is 6.64. The zero-order valence-corrected chi connectivity index (χ0v) is 11.9. The van der Waals surface area contributed by atoms with E-state index in [0.717, 1.165) is 12.8 Å². The third-order valence-corrected chi connectivity index (χ3v) is 5.16. The number of hydrogen-bond donors (Lipinski definition) is 2. The molecule has 2 rings (SSSR count). The fourth-order valence-electron chi connectivity index (χ4n) is 3.99. The van der Waals surface area contributed by atoms with Gasteiger partial charge in [0.2, 0.25) is 5.91 Å². The average Bonchev–Trinajstić information content (AvgIpc) is 2.75. The first-order valence-electron chi connectivity index (χ1n) is 6.46. The highest BCUT2D eigenvalue weighted by atomic mass is 35.5. The summed E-state index contributed by atoms with van der Waals surface area (Å²) < 4.78 is 0. The van der Waals surface area contributed by atoms with Crippen molar-refractivity contribution in [1.29, 1.82) is 0 Å². The van der Waals surface area contributed by atoms with Crippen LogP contribution in [0.5, 0.6) is 0 Å². The molecule has 2 aliphatic carbocycles. The third-order valence-electron chi connectivity index (χ3n) is 4.92. The maximum atomic E-state index is 11.8. The van der Waals surface area contributed by atoms with Gasteiger partial charge in [-0.15, -0.1) is 11.6 Å². The van der Waals surface area contributed by atoms with Crippen molar-refractivity contribution in [3.8, 4) is 0 Å². The molecular weight excluding hydrogens is 252 g/mol. The Kier molecular flexibility index (Phi) is 3.34. The molecular formula is C13H21ClN2O2. The number of imide groups is 1. The molecule has 0 aromatic heterocycles. The van der Waals surface area contributed by atoms with Gasteiger partial charge < -0.3 is 5.32 Å². The summed E-state index contributed by atoms with van der Waals surface area (Å²) >= 11 is 5.37. The van der Waals surface area contributed by atoms with E-state index in [4.69, 9.17) is 11.6 Å². The van der Waals surface area contributed by atoms with E-state index >= 15 is 0 Å². The van der Waals surface area contributed by atoms with Gasteiger partial charge in [-0.25, -0.2) is 4.79 Å². The van der Waals surface area contributed by atoms with E-state index in [9.17, 15) is 9.59 Å². The van der Waals surface area contributed by atoms with Gasteiger partial charge in [0.15, 0.2) is 0 Å². The van der Waals surface area contributed by atoms with E-state index in [0.29, 0.717) is 5.92 Å². The summed E-state index contributed by atoms with van der Waals surface area (Å²) in [5.74, 6) is 0.0123. The monoisotopic (exact) mass is 272 g/mol. The van der Waals surface area contributed by atoms with Crippen LogP contribution in [0.15, 0.2) is 0 Å². The maximum absolute atomic E-state index is 11.8. The van der Waals surface area contributed by atoms with Crippen LogP contribution in [0.4, 0.5) is 4.79 Å². The fourth-order valence-corrected chi connectivity index (χ4v) is 4.06. The zero-order valence-electron chi connectivity index (χ0n) is 11.2. The molecule has 18 heavy (non-hydrogen) atoms. The number of carbonyl (C=O) groups excluding carboxylic acids is 2. The molecule has 2 aliphatic rings. The second kappa shape index (κ2) is 4.41. The van der Waals surface area contributed by atoms with Crippen LogP contribution < -0.4 is 10.6 Å². The molecule has 5 heteroatoms. The number of hydrogen-bond acceptors (Lipinski definition) is 2. The predicted octanol–water partition coefficient (Wildman–Crippen LogP) is 2.27. The molecule has 102 valence electrons. The van der Waals surface area contributed by atoms with Crippen LogP contribution >= 0.6 is 11.6 Å². The van der Waals surface area contributed by atoms with Gasteiger partial charge in [0.1, 0.15) is 5.88 Å². The van der Waals surface area contributed by atoms with Crippen LogP contribution in [0.2, 0.25) is 0 Å². The number of carbonyl (C=O) groups is 2. The Morgan fingerprint density at radius 1 is 1.33 bits per heavy atom. The predicted molar refractivity (Wildman–Crippen MR) is 70.4 cm³/mol. The van der Waals surface area contributed by atoms with E-state index in [1.165, 1.54) is 6.42 Å². The molecule has 0 saturated heterocycles. The van der Waals surface area contributed by atoms with Gasteiger partial charge >= 0.3 is 6.03 Å². The minimum absolute atomic E-state index is 0.0916. The van der Waals surface area contributed by atoms with E-state index < -0.39 is 11.9 Å². The molecule has 4 nitrogen and oxygen atoms in total. The van der Waals surface area contributed by atoms with Gasteiger partial charge in [0.25, 0.3) is 0 Å². The molecule has 0 aromatic rings. The molecule has 2 fully saturated rings. The van der Waals surface area contributed by atoms with E-state index in [-0.39, 0.29) is 22.8 Å². The van der Waals surface area contributed by atoms with Gasteiger partial charge in [-0.05, 0) is 36.0 Å². The first-order chi connectivity index (χ1) is 8.29. The lowest BCUT2D eigenvalue weighted by atomic mass is 9.68. The molecule has 3 atom stereocenters. The number of urea groups is 1. The van der Waals surface area contributed by atoms with Crippen LogP contribution in [0.25, 0.3) is 0 Å². The number of amides is 3. The molecule has 0 radical (unpaired) electrons. The first kappa shape index (κ1) is 13.7. The lowest BCUT2D eigenvalue weighted by molar-refractivity contribution is -0.117. The molecule has 0 heterocycles. The Hall–Kier alpha value is -0.770. The lowest BCUT2D eigenvalue weighted by Crippen LogP contribution is -2.55. The van der Waals surface area contributed by atoms with Crippen molar-refractivity contribution in [2.75, 3.05) is 5.88 Å². The Morgan fingerprint density at radius 2 is 2.00 bits per heavy atom. The Labute approximate surface area is 113 Å². The van der Waals surface area contributed by atoms with E-state index in [2.05, 4.69) is 31.4 Å². The topological polar surface area (TPSA) is 58.2 Å². The van der Waals surface area contributed by atoms with Crippen molar-refractivity contribution in [1.82, 2.24) is 10.6 Å². The minimum atomic E-state index is -0.458. The van der Waals surface area contributed by atoms with Crippen LogP contribution in [-0.2, 0) is 4.79 Å². The number of fused-ring (bicyclic) bond motifs is 2. The number of rotatable bonds is 2. The van der Waals surface area contributed by atoms with Crippen LogP contribution in [-0.4, -0.2) is 23.9 Å². The van der Waals surface area contributed by atoms with Gasteiger partial charge in [0, 0.05) is 6.04 Å². The maximum Gasteiger partial charge on any atom is 0.321 e. The molecule has 3 amide bonds. The summed E-state index contributed by atoms with van der Waals surface area (Å²) in [4.78, 5) is 22.9. The highest BCUT2D eigenvalue weighted by molar-refractivity contribution is 6.28. The number of halogens is 1. The van der Waals surface area contributed by atoms with Gasteiger partial charge in [0.05, 0.1) is 0 Å². The molecule has 0 aromatic carbocycles. The van der Waals surface area contributed by atoms with Crippen molar-refractivity contribution in [2.24, 2.45) is 16.7 Å². The molecule has 3 unspecified atom stereocenters. The lowest BCUT2D eigenvalue weighted by Gasteiger charge is -2.42.